The number of hydrogen-bond donors (Lipinski definition) is 2. The van der Waals surface area contributed by atoms with Crippen LogP contribution in [0.4, 0.5) is 4.79 Å². The number of carbonyl (C=O) groups is 3. The molecule has 1 aliphatic heterocycles. The van der Waals surface area contributed by atoms with E-state index < -0.39 is 23.8 Å². The van der Waals surface area contributed by atoms with E-state index in [1.807, 2.05) is 6.92 Å². The molecular weight excluding hydrogens is 220 g/mol. The molecule has 4 amide bonds. The van der Waals surface area contributed by atoms with Crippen LogP contribution in [-0.2, 0) is 9.59 Å². The van der Waals surface area contributed by atoms with Gasteiger partial charge in [0.2, 0.25) is 11.8 Å². The molecule has 1 saturated carbocycles. The summed E-state index contributed by atoms with van der Waals surface area (Å²) in [6.07, 6.45) is 5.85. The highest BCUT2D eigenvalue weighted by molar-refractivity contribution is 6.16. The number of barbiturate groups is 1. The number of amides is 4. The van der Waals surface area contributed by atoms with Gasteiger partial charge < -0.3 is 0 Å². The first kappa shape index (κ1) is 12.1. The minimum Gasteiger partial charge on any atom is -0.277 e. The molecule has 94 valence electrons. The van der Waals surface area contributed by atoms with Crippen molar-refractivity contribution >= 4 is 17.8 Å². The molecular formula is C12H18N2O3. The fourth-order valence-electron chi connectivity index (χ4n) is 3.18. The van der Waals surface area contributed by atoms with Crippen molar-refractivity contribution in [2.75, 3.05) is 0 Å². The van der Waals surface area contributed by atoms with Crippen LogP contribution in [0.2, 0.25) is 0 Å². The lowest BCUT2D eigenvalue weighted by Crippen LogP contribution is -2.60. The molecule has 2 fully saturated rings. The minimum atomic E-state index is -0.703. The van der Waals surface area contributed by atoms with Gasteiger partial charge in [0.1, 0.15) is 5.92 Å². The van der Waals surface area contributed by atoms with Crippen LogP contribution in [0.5, 0.6) is 0 Å². The molecule has 1 aliphatic carbocycles. The molecule has 0 aromatic heterocycles. The second-order valence-electron chi connectivity index (χ2n) is 5.02. The van der Waals surface area contributed by atoms with Gasteiger partial charge in [0.05, 0.1) is 0 Å². The zero-order valence-electron chi connectivity index (χ0n) is 10.0. The van der Waals surface area contributed by atoms with E-state index >= 15 is 0 Å². The highest BCUT2D eigenvalue weighted by Gasteiger charge is 2.49. The average molecular weight is 238 g/mol. The lowest BCUT2D eigenvalue weighted by atomic mass is 9.63. The SMILES string of the molecule is CCC1(C2C(=O)NC(=O)NC2=O)CCCCC1. The van der Waals surface area contributed by atoms with E-state index in [1.165, 1.54) is 0 Å². The third kappa shape index (κ3) is 2.06. The van der Waals surface area contributed by atoms with Crippen LogP contribution in [0.15, 0.2) is 0 Å². The van der Waals surface area contributed by atoms with Crippen LogP contribution < -0.4 is 10.6 Å². The normalized spacial score (nSPS) is 25.4. The summed E-state index contributed by atoms with van der Waals surface area (Å²) in [7, 11) is 0. The van der Waals surface area contributed by atoms with Crippen LogP contribution in [-0.4, -0.2) is 17.8 Å². The van der Waals surface area contributed by atoms with Gasteiger partial charge in [-0.05, 0) is 24.7 Å². The van der Waals surface area contributed by atoms with Gasteiger partial charge in [0.25, 0.3) is 0 Å². The van der Waals surface area contributed by atoms with Gasteiger partial charge in [-0.3, -0.25) is 20.2 Å². The Morgan fingerprint density at radius 2 is 1.59 bits per heavy atom. The topological polar surface area (TPSA) is 75.3 Å². The first-order valence-corrected chi connectivity index (χ1v) is 6.25. The highest BCUT2D eigenvalue weighted by Crippen LogP contribution is 2.46. The molecule has 5 heteroatoms. The number of imide groups is 2. The number of nitrogens with one attached hydrogen (secondary N) is 2. The Kier molecular flexibility index (Phi) is 3.17. The lowest BCUT2D eigenvalue weighted by Gasteiger charge is -2.42. The van der Waals surface area contributed by atoms with E-state index in [1.54, 1.807) is 0 Å². The third-order valence-corrected chi connectivity index (χ3v) is 4.16. The second-order valence-corrected chi connectivity index (χ2v) is 5.02. The summed E-state index contributed by atoms with van der Waals surface area (Å²) in [5, 5.41) is 4.41. The molecule has 0 aromatic carbocycles. The van der Waals surface area contributed by atoms with Crippen molar-refractivity contribution < 1.29 is 14.4 Å². The Morgan fingerprint density at radius 1 is 1.06 bits per heavy atom. The molecule has 0 unspecified atom stereocenters. The van der Waals surface area contributed by atoms with Gasteiger partial charge >= 0.3 is 6.03 Å². The van der Waals surface area contributed by atoms with Gasteiger partial charge in [-0.1, -0.05) is 26.2 Å². The first-order valence-electron chi connectivity index (χ1n) is 6.25. The standard InChI is InChI=1S/C12H18N2O3/c1-2-12(6-4-3-5-7-12)8-9(15)13-11(17)14-10(8)16/h8H,2-7H2,1H3,(H2,13,14,15,16,17). The summed E-state index contributed by atoms with van der Waals surface area (Å²) < 4.78 is 0. The zero-order chi connectivity index (χ0) is 12.5. The molecule has 0 spiro atoms. The Morgan fingerprint density at radius 3 is 2.06 bits per heavy atom. The van der Waals surface area contributed by atoms with Crippen molar-refractivity contribution in [3.63, 3.8) is 0 Å². The predicted molar refractivity (Wildman–Crippen MR) is 61.0 cm³/mol. The number of rotatable bonds is 2. The second kappa shape index (κ2) is 4.47. The molecule has 2 rings (SSSR count). The van der Waals surface area contributed by atoms with E-state index in [0.29, 0.717) is 0 Å². The van der Waals surface area contributed by atoms with E-state index in [-0.39, 0.29) is 5.41 Å². The molecule has 1 saturated heterocycles. The molecule has 2 aliphatic rings. The lowest BCUT2D eigenvalue weighted by molar-refractivity contribution is -0.143. The Balaban J connectivity index is 2.26. The Hall–Kier alpha value is -1.39. The Bertz CT molecular complexity index is 339. The maximum absolute atomic E-state index is 11.9. The van der Waals surface area contributed by atoms with Gasteiger partial charge in [-0.2, -0.15) is 0 Å². The summed E-state index contributed by atoms with van der Waals surface area (Å²) in [6.45, 7) is 2.02. The molecule has 0 atom stereocenters. The van der Waals surface area contributed by atoms with Gasteiger partial charge in [-0.15, -0.1) is 0 Å². The zero-order valence-corrected chi connectivity index (χ0v) is 10.0. The van der Waals surface area contributed by atoms with Crippen molar-refractivity contribution in [2.45, 2.75) is 45.4 Å². The number of carbonyl (C=O) groups excluding carboxylic acids is 3. The first-order chi connectivity index (χ1) is 8.09. The summed E-state index contributed by atoms with van der Waals surface area (Å²) in [6, 6.07) is -0.696. The molecule has 5 nitrogen and oxygen atoms in total. The van der Waals surface area contributed by atoms with E-state index in [9.17, 15) is 14.4 Å². The minimum absolute atomic E-state index is 0.257. The molecule has 0 bridgehead atoms. The van der Waals surface area contributed by atoms with Crippen LogP contribution in [0.25, 0.3) is 0 Å². The quantitative estimate of drug-likeness (QED) is 0.713. The highest BCUT2D eigenvalue weighted by atomic mass is 16.2. The van der Waals surface area contributed by atoms with Crippen LogP contribution >= 0.6 is 0 Å². The summed E-state index contributed by atoms with van der Waals surface area (Å²) >= 11 is 0. The fraction of sp³-hybridized carbons (Fsp3) is 0.750. The predicted octanol–water partition coefficient (Wildman–Crippen LogP) is 1.33. The summed E-state index contributed by atoms with van der Waals surface area (Å²) in [5.41, 5.74) is -0.257. The molecule has 0 aromatic rings. The number of hydrogen-bond acceptors (Lipinski definition) is 3. The smallest absolute Gasteiger partial charge is 0.277 e. The van der Waals surface area contributed by atoms with Crippen LogP contribution in [0, 0.1) is 11.3 Å². The van der Waals surface area contributed by atoms with E-state index in [2.05, 4.69) is 10.6 Å². The van der Waals surface area contributed by atoms with Crippen molar-refractivity contribution in [3.05, 3.63) is 0 Å². The Labute approximate surface area is 100 Å². The largest absolute Gasteiger partial charge is 0.328 e. The molecule has 17 heavy (non-hydrogen) atoms. The monoisotopic (exact) mass is 238 g/mol. The average Bonchev–Trinajstić information content (AvgIpc) is 2.28. The fourth-order valence-corrected chi connectivity index (χ4v) is 3.18. The van der Waals surface area contributed by atoms with E-state index in [0.717, 1.165) is 38.5 Å². The molecule has 1 heterocycles. The van der Waals surface area contributed by atoms with Crippen molar-refractivity contribution in [1.29, 1.82) is 0 Å². The third-order valence-electron chi connectivity index (χ3n) is 4.16. The van der Waals surface area contributed by atoms with Crippen molar-refractivity contribution in [3.8, 4) is 0 Å². The van der Waals surface area contributed by atoms with E-state index in [4.69, 9.17) is 0 Å². The van der Waals surface area contributed by atoms with Crippen molar-refractivity contribution in [1.82, 2.24) is 10.6 Å². The van der Waals surface area contributed by atoms with Crippen LogP contribution in [0.3, 0.4) is 0 Å². The summed E-state index contributed by atoms with van der Waals surface area (Å²) in [5.74, 6) is -1.56. The maximum Gasteiger partial charge on any atom is 0.328 e. The maximum atomic E-state index is 11.9. The van der Waals surface area contributed by atoms with Gasteiger partial charge in [0.15, 0.2) is 0 Å². The molecule has 2 N–H and O–H groups in total. The van der Waals surface area contributed by atoms with Crippen molar-refractivity contribution in [2.24, 2.45) is 11.3 Å². The number of urea groups is 1. The summed E-state index contributed by atoms with van der Waals surface area (Å²) in [4.78, 5) is 34.8. The van der Waals surface area contributed by atoms with Gasteiger partial charge in [0, 0.05) is 0 Å². The van der Waals surface area contributed by atoms with Crippen LogP contribution in [0.1, 0.15) is 45.4 Å². The molecule has 0 radical (unpaired) electrons. The van der Waals surface area contributed by atoms with Gasteiger partial charge in [-0.25, -0.2) is 4.79 Å².